The summed E-state index contributed by atoms with van der Waals surface area (Å²) >= 11 is 0. The molecule has 0 unspecified atom stereocenters. The second-order valence-corrected chi connectivity index (χ2v) is 7.43. The number of rotatable bonds is 2. The molecule has 2 aromatic carbocycles. The minimum atomic E-state index is -10.7. The van der Waals surface area contributed by atoms with E-state index < -0.39 is 7.81 Å². The minimum absolute atomic E-state index is 0.902. The fourth-order valence-electron chi connectivity index (χ4n) is 2.18. The second kappa shape index (κ2) is 6.40. The van der Waals surface area contributed by atoms with Crippen molar-refractivity contribution in [3.8, 4) is 22.5 Å². The number of hydrogen-bond donors (Lipinski definition) is 0. The summed E-state index contributed by atoms with van der Waals surface area (Å²) in [5.41, 5.74) is 3.49. The normalized spacial score (nSPS) is 13.8. The Kier molecular flexibility index (Phi) is 4.90. The van der Waals surface area contributed by atoms with Crippen molar-refractivity contribution in [2.24, 2.45) is 0 Å². The molecule has 0 aliphatic carbocycles. The molecule has 0 amide bonds. The third-order valence-electron chi connectivity index (χ3n) is 3.08. The standard InChI is InChI=1S/C18H15O.F6P/c1-14-12-17(15-8-4-2-5-9-15)13-18(19-14)16-10-6-3-7-11-16;1-7(2,3,4,5)6/h2-13H,1H3;/q+1;-1. The van der Waals surface area contributed by atoms with E-state index in [4.69, 9.17) is 4.42 Å². The van der Waals surface area contributed by atoms with Crippen LogP contribution in [0.15, 0.2) is 77.2 Å². The second-order valence-electron chi connectivity index (χ2n) is 5.51. The van der Waals surface area contributed by atoms with Gasteiger partial charge in [0.1, 0.15) is 0 Å². The number of hydrogen-bond acceptors (Lipinski definition) is 0. The summed E-state index contributed by atoms with van der Waals surface area (Å²) in [5, 5.41) is 0. The van der Waals surface area contributed by atoms with Gasteiger partial charge in [-0.3, -0.25) is 0 Å². The fraction of sp³-hybridized carbons (Fsp3) is 0.0556. The van der Waals surface area contributed by atoms with Gasteiger partial charge < -0.3 is 0 Å². The van der Waals surface area contributed by atoms with Crippen LogP contribution < -0.4 is 0 Å². The summed E-state index contributed by atoms with van der Waals surface area (Å²) in [4.78, 5) is 0. The van der Waals surface area contributed by atoms with Gasteiger partial charge in [0.25, 0.3) is 0 Å². The van der Waals surface area contributed by atoms with Gasteiger partial charge in [0.05, 0.1) is 18.6 Å². The predicted molar refractivity (Wildman–Crippen MR) is 92.3 cm³/mol. The molecule has 3 aromatic rings. The molecule has 0 bridgehead atoms. The summed E-state index contributed by atoms with van der Waals surface area (Å²) in [7, 11) is -10.7. The van der Waals surface area contributed by atoms with Crippen LogP contribution >= 0.6 is 7.81 Å². The van der Waals surface area contributed by atoms with Crippen LogP contribution in [-0.2, 0) is 0 Å². The van der Waals surface area contributed by atoms with Gasteiger partial charge in [-0.1, -0.05) is 48.5 Å². The first-order chi connectivity index (χ1) is 11.8. The van der Waals surface area contributed by atoms with Crippen molar-refractivity contribution in [1.82, 2.24) is 0 Å². The van der Waals surface area contributed by atoms with Crippen LogP contribution in [0, 0.1) is 6.92 Å². The first-order valence-electron chi connectivity index (χ1n) is 7.40. The number of halogens is 6. The maximum atomic E-state index is 9.87. The van der Waals surface area contributed by atoms with E-state index in [1.807, 2.05) is 31.2 Å². The molecular formula is C18H15F6OP. The van der Waals surface area contributed by atoms with Gasteiger partial charge in [0.2, 0.25) is 0 Å². The molecule has 140 valence electrons. The molecule has 3 rings (SSSR count). The van der Waals surface area contributed by atoms with E-state index in [1.165, 1.54) is 11.1 Å². The summed E-state index contributed by atoms with van der Waals surface area (Å²) in [6.45, 7) is 1.98. The van der Waals surface area contributed by atoms with Crippen molar-refractivity contribution >= 4 is 7.81 Å². The van der Waals surface area contributed by atoms with Crippen molar-refractivity contribution in [3.05, 3.63) is 78.6 Å². The first-order valence-corrected chi connectivity index (χ1v) is 9.43. The van der Waals surface area contributed by atoms with Crippen molar-refractivity contribution in [1.29, 1.82) is 0 Å². The van der Waals surface area contributed by atoms with Crippen LogP contribution in [0.25, 0.3) is 22.5 Å². The Morgan fingerprint density at radius 3 is 1.50 bits per heavy atom. The Labute approximate surface area is 146 Å². The zero-order valence-electron chi connectivity index (χ0n) is 13.6. The molecular weight excluding hydrogens is 377 g/mol. The molecule has 0 aliphatic heterocycles. The molecule has 0 aliphatic rings. The average Bonchev–Trinajstić information content (AvgIpc) is 2.53. The zero-order valence-corrected chi connectivity index (χ0v) is 14.4. The van der Waals surface area contributed by atoms with E-state index in [1.54, 1.807) is 0 Å². The third kappa shape index (κ3) is 8.12. The van der Waals surface area contributed by atoms with Crippen molar-refractivity contribution in [3.63, 3.8) is 0 Å². The number of aryl methyl sites for hydroxylation is 1. The molecule has 0 saturated heterocycles. The molecule has 8 heteroatoms. The molecule has 1 nitrogen and oxygen atoms in total. The first kappa shape index (κ1) is 19.9. The molecule has 0 saturated carbocycles. The Hall–Kier alpha value is -2.40. The van der Waals surface area contributed by atoms with E-state index in [2.05, 4.69) is 48.5 Å². The molecule has 0 N–H and O–H groups in total. The molecule has 0 radical (unpaired) electrons. The van der Waals surface area contributed by atoms with Gasteiger partial charge in [0, 0.05) is 11.6 Å². The molecule has 1 aromatic heterocycles. The molecule has 0 spiro atoms. The van der Waals surface area contributed by atoms with Crippen LogP contribution in [0.1, 0.15) is 5.76 Å². The van der Waals surface area contributed by atoms with E-state index >= 15 is 0 Å². The van der Waals surface area contributed by atoms with Gasteiger partial charge >= 0.3 is 44.5 Å². The van der Waals surface area contributed by atoms with Gasteiger partial charge in [-0.05, 0) is 17.7 Å². The Bertz CT molecular complexity index is 809. The molecule has 1 heterocycles. The summed E-state index contributed by atoms with van der Waals surface area (Å²) in [6.07, 6.45) is 0. The van der Waals surface area contributed by atoms with Crippen LogP contribution in [-0.4, -0.2) is 0 Å². The monoisotopic (exact) mass is 392 g/mol. The van der Waals surface area contributed by atoms with Crippen LogP contribution in [0.2, 0.25) is 0 Å². The third-order valence-corrected chi connectivity index (χ3v) is 3.08. The van der Waals surface area contributed by atoms with Crippen molar-refractivity contribution in [2.45, 2.75) is 6.92 Å². The predicted octanol–water partition coefficient (Wildman–Crippen LogP) is 8.59. The Balaban J connectivity index is 0.000000298. The van der Waals surface area contributed by atoms with Crippen molar-refractivity contribution in [2.75, 3.05) is 0 Å². The topological polar surface area (TPSA) is 11.3 Å². The van der Waals surface area contributed by atoms with Gasteiger partial charge in [0.15, 0.2) is 0 Å². The summed E-state index contributed by atoms with van der Waals surface area (Å²) in [6, 6.07) is 24.7. The van der Waals surface area contributed by atoms with Gasteiger partial charge in [-0.15, -0.1) is 0 Å². The molecule has 0 fully saturated rings. The SMILES string of the molecule is Cc1cc(-c2ccccc2)cc(-c2ccccc2)[o+]1.F[P-](F)(F)(F)(F)F. The molecule has 0 atom stereocenters. The van der Waals surface area contributed by atoms with Crippen LogP contribution in [0.3, 0.4) is 0 Å². The fourth-order valence-corrected chi connectivity index (χ4v) is 2.18. The zero-order chi connectivity index (χ0) is 19.5. The molecule has 26 heavy (non-hydrogen) atoms. The average molecular weight is 392 g/mol. The van der Waals surface area contributed by atoms with E-state index in [-0.39, 0.29) is 0 Å². The van der Waals surface area contributed by atoms with Gasteiger partial charge in [-0.2, -0.15) is 0 Å². The quantitative estimate of drug-likeness (QED) is 0.241. The van der Waals surface area contributed by atoms with E-state index in [9.17, 15) is 25.2 Å². The van der Waals surface area contributed by atoms with Crippen molar-refractivity contribution < 1.29 is 29.6 Å². The maximum absolute atomic E-state index is 10.7. The van der Waals surface area contributed by atoms with E-state index in [0.29, 0.717) is 0 Å². The van der Waals surface area contributed by atoms with E-state index in [0.717, 1.165) is 17.1 Å². The van der Waals surface area contributed by atoms with Crippen LogP contribution in [0.4, 0.5) is 25.2 Å². The van der Waals surface area contributed by atoms with Gasteiger partial charge in [-0.25, -0.2) is 4.42 Å². The number of benzene rings is 2. The van der Waals surface area contributed by atoms with Crippen LogP contribution in [0.5, 0.6) is 0 Å². The summed E-state index contributed by atoms with van der Waals surface area (Å²) < 4.78 is 65.0. The Morgan fingerprint density at radius 1 is 0.615 bits per heavy atom. The summed E-state index contributed by atoms with van der Waals surface area (Å²) in [5.74, 6) is 1.82. The Morgan fingerprint density at radius 2 is 1.04 bits per heavy atom.